The van der Waals surface area contributed by atoms with E-state index in [-0.39, 0.29) is 6.04 Å². The van der Waals surface area contributed by atoms with Crippen LogP contribution in [0.5, 0.6) is 0 Å². The number of nitrogens with two attached hydrogens (primary N) is 1. The van der Waals surface area contributed by atoms with Gasteiger partial charge in [-0.05, 0) is 45.1 Å². The number of benzene rings is 1. The number of hydrazine groups is 1. The molecule has 1 aromatic heterocycles. The molecule has 0 aliphatic heterocycles. The van der Waals surface area contributed by atoms with Crippen LogP contribution in [0.15, 0.2) is 40.2 Å². The van der Waals surface area contributed by atoms with Gasteiger partial charge >= 0.3 is 6.18 Å². The molecule has 20 heavy (non-hydrogen) atoms. The Morgan fingerprint density at radius 1 is 1.20 bits per heavy atom. The first-order valence-electron chi connectivity index (χ1n) is 5.77. The number of halogens is 4. The molecule has 108 valence electrons. The molecule has 2 rings (SSSR count). The zero-order valence-electron chi connectivity index (χ0n) is 10.2. The van der Waals surface area contributed by atoms with Crippen molar-refractivity contribution in [1.29, 1.82) is 0 Å². The van der Waals surface area contributed by atoms with E-state index in [0.717, 1.165) is 27.0 Å². The average Bonchev–Trinajstić information content (AvgIpc) is 2.80. The summed E-state index contributed by atoms with van der Waals surface area (Å²) in [5.41, 5.74) is 2.71. The predicted octanol–water partition coefficient (Wildman–Crippen LogP) is 4.28. The van der Waals surface area contributed by atoms with Gasteiger partial charge in [-0.1, -0.05) is 12.1 Å². The zero-order valence-corrected chi connectivity index (χ0v) is 12.6. The summed E-state index contributed by atoms with van der Waals surface area (Å²) in [6, 6.07) is 6.75. The Morgan fingerprint density at radius 2 is 1.85 bits per heavy atom. The lowest BCUT2D eigenvalue weighted by molar-refractivity contribution is -0.137. The topological polar surface area (TPSA) is 38.0 Å². The van der Waals surface area contributed by atoms with Gasteiger partial charge in [-0.15, -0.1) is 11.3 Å². The molecule has 0 saturated carbocycles. The maximum atomic E-state index is 12.5. The van der Waals surface area contributed by atoms with Crippen LogP contribution in [0.1, 0.15) is 22.0 Å². The Balaban J connectivity index is 2.18. The minimum Gasteiger partial charge on any atom is -0.271 e. The van der Waals surface area contributed by atoms with Crippen molar-refractivity contribution in [3.8, 4) is 0 Å². The average molecular weight is 365 g/mol. The first-order valence-corrected chi connectivity index (χ1v) is 7.44. The molecule has 1 unspecified atom stereocenters. The molecule has 0 bridgehead atoms. The Bertz CT molecular complexity index is 566. The second-order valence-corrected chi connectivity index (χ2v) is 6.09. The van der Waals surface area contributed by atoms with Crippen molar-refractivity contribution in [1.82, 2.24) is 5.43 Å². The Kier molecular flexibility index (Phi) is 4.85. The minimum absolute atomic E-state index is 0.229. The molecule has 0 saturated heterocycles. The normalized spacial score (nSPS) is 13.4. The van der Waals surface area contributed by atoms with Crippen molar-refractivity contribution in [3.05, 3.63) is 56.2 Å². The quantitative estimate of drug-likeness (QED) is 0.627. The Hall–Kier alpha value is -0.890. The van der Waals surface area contributed by atoms with Crippen molar-refractivity contribution in [2.24, 2.45) is 5.84 Å². The molecule has 1 atom stereocenters. The lowest BCUT2D eigenvalue weighted by Crippen LogP contribution is -2.29. The molecule has 0 spiro atoms. The second-order valence-electron chi connectivity index (χ2n) is 4.23. The number of thiophene rings is 1. The fraction of sp³-hybridized carbons (Fsp3) is 0.231. The summed E-state index contributed by atoms with van der Waals surface area (Å²) in [7, 11) is 0. The third kappa shape index (κ3) is 3.60. The SMILES string of the molecule is NNC(Cc1sccc1Br)c1ccc(C(F)(F)F)cc1. The summed E-state index contributed by atoms with van der Waals surface area (Å²) in [6.45, 7) is 0. The zero-order chi connectivity index (χ0) is 14.8. The number of hydrogen-bond acceptors (Lipinski definition) is 3. The van der Waals surface area contributed by atoms with Crippen molar-refractivity contribution in [2.45, 2.75) is 18.6 Å². The van der Waals surface area contributed by atoms with Gasteiger partial charge in [-0.3, -0.25) is 11.3 Å². The molecule has 0 aliphatic carbocycles. The highest BCUT2D eigenvalue weighted by molar-refractivity contribution is 9.10. The van der Waals surface area contributed by atoms with Gasteiger partial charge in [0.1, 0.15) is 0 Å². The largest absolute Gasteiger partial charge is 0.416 e. The number of nitrogens with one attached hydrogen (secondary N) is 1. The van der Waals surface area contributed by atoms with Crippen molar-refractivity contribution >= 4 is 27.3 Å². The van der Waals surface area contributed by atoms with E-state index < -0.39 is 11.7 Å². The van der Waals surface area contributed by atoms with Gasteiger partial charge in [0.15, 0.2) is 0 Å². The van der Waals surface area contributed by atoms with Crippen LogP contribution in [0, 0.1) is 0 Å². The molecule has 1 heterocycles. The maximum absolute atomic E-state index is 12.5. The highest BCUT2D eigenvalue weighted by Crippen LogP contribution is 2.31. The van der Waals surface area contributed by atoms with Crippen LogP contribution < -0.4 is 11.3 Å². The number of rotatable bonds is 4. The molecule has 0 aliphatic rings. The van der Waals surface area contributed by atoms with Crippen molar-refractivity contribution < 1.29 is 13.2 Å². The van der Waals surface area contributed by atoms with E-state index in [9.17, 15) is 13.2 Å². The van der Waals surface area contributed by atoms with Crippen LogP contribution >= 0.6 is 27.3 Å². The van der Waals surface area contributed by atoms with E-state index in [1.54, 1.807) is 11.3 Å². The van der Waals surface area contributed by atoms with E-state index in [2.05, 4.69) is 21.4 Å². The fourth-order valence-electron chi connectivity index (χ4n) is 1.83. The molecule has 3 N–H and O–H groups in total. The van der Waals surface area contributed by atoms with E-state index in [0.29, 0.717) is 6.42 Å². The molecule has 2 aromatic rings. The lowest BCUT2D eigenvalue weighted by Gasteiger charge is -2.17. The molecular weight excluding hydrogens is 353 g/mol. The molecular formula is C13H12BrF3N2S. The van der Waals surface area contributed by atoms with E-state index in [1.807, 2.05) is 11.4 Å². The summed E-state index contributed by atoms with van der Waals surface area (Å²) in [5, 5.41) is 1.94. The Morgan fingerprint density at radius 3 is 2.30 bits per heavy atom. The first kappa shape index (κ1) is 15.5. The second kappa shape index (κ2) is 6.26. The van der Waals surface area contributed by atoms with Gasteiger partial charge in [0.05, 0.1) is 11.6 Å². The van der Waals surface area contributed by atoms with E-state index >= 15 is 0 Å². The molecule has 2 nitrogen and oxygen atoms in total. The van der Waals surface area contributed by atoms with Crippen LogP contribution in [-0.4, -0.2) is 0 Å². The van der Waals surface area contributed by atoms with Crippen molar-refractivity contribution in [2.75, 3.05) is 0 Å². The van der Waals surface area contributed by atoms with Gasteiger partial charge < -0.3 is 0 Å². The summed E-state index contributed by atoms with van der Waals surface area (Å²) in [5.74, 6) is 5.51. The third-order valence-electron chi connectivity index (χ3n) is 2.92. The van der Waals surface area contributed by atoms with E-state index in [4.69, 9.17) is 5.84 Å². The first-order chi connectivity index (χ1) is 9.41. The van der Waals surface area contributed by atoms with Crippen LogP contribution in [0.4, 0.5) is 13.2 Å². The summed E-state index contributed by atoms with van der Waals surface area (Å²) < 4.78 is 38.5. The predicted molar refractivity (Wildman–Crippen MR) is 77.2 cm³/mol. The van der Waals surface area contributed by atoms with Crippen LogP contribution in [0.3, 0.4) is 0 Å². The van der Waals surface area contributed by atoms with Crippen LogP contribution in [-0.2, 0) is 12.6 Å². The monoisotopic (exact) mass is 364 g/mol. The highest BCUT2D eigenvalue weighted by Gasteiger charge is 2.30. The lowest BCUT2D eigenvalue weighted by atomic mass is 10.0. The summed E-state index contributed by atoms with van der Waals surface area (Å²) in [4.78, 5) is 1.09. The van der Waals surface area contributed by atoms with Crippen molar-refractivity contribution in [3.63, 3.8) is 0 Å². The molecule has 0 radical (unpaired) electrons. The number of hydrogen-bond donors (Lipinski definition) is 2. The smallest absolute Gasteiger partial charge is 0.271 e. The molecule has 0 fully saturated rings. The maximum Gasteiger partial charge on any atom is 0.416 e. The molecule has 0 amide bonds. The molecule has 1 aromatic carbocycles. The molecule has 7 heteroatoms. The van der Waals surface area contributed by atoms with Gasteiger partial charge in [0.25, 0.3) is 0 Å². The number of alkyl halides is 3. The van der Waals surface area contributed by atoms with E-state index in [1.165, 1.54) is 12.1 Å². The van der Waals surface area contributed by atoms with Gasteiger partial charge in [0, 0.05) is 15.8 Å². The standard InChI is InChI=1S/C13H12BrF3N2S/c14-10-5-6-20-12(10)7-11(19-18)8-1-3-9(4-2-8)13(15,16)17/h1-6,11,19H,7,18H2. The summed E-state index contributed by atoms with van der Waals surface area (Å²) in [6.07, 6.45) is -3.71. The van der Waals surface area contributed by atoms with Gasteiger partial charge in [0.2, 0.25) is 0 Å². The fourth-order valence-corrected chi connectivity index (χ4v) is 3.39. The third-order valence-corrected chi connectivity index (χ3v) is 4.87. The van der Waals surface area contributed by atoms with Crippen LogP contribution in [0.25, 0.3) is 0 Å². The summed E-state index contributed by atoms with van der Waals surface area (Å²) >= 11 is 5.00. The minimum atomic E-state index is -4.32. The van der Waals surface area contributed by atoms with Crippen LogP contribution in [0.2, 0.25) is 0 Å². The van der Waals surface area contributed by atoms with Gasteiger partial charge in [-0.25, -0.2) is 0 Å². The van der Waals surface area contributed by atoms with Gasteiger partial charge in [-0.2, -0.15) is 13.2 Å². The highest BCUT2D eigenvalue weighted by atomic mass is 79.9. The Labute approximate surface area is 126 Å².